The summed E-state index contributed by atoms with van der Waals surface area (Å²) < 4.78 is 10.3. The lowest BCUT2D eigenvalue weighted by atomic mass is 10.3. The van der Waals surface area contributed by atoms with Crippen LogP contribution in [0.5, 0.6) is 0 Å². The summed E-state index contributed by atoms with van der Waals surface area (Å²) >= 11 is 0. The summed E-state index contributed by atoms with van der Waals surface area (Å²) in [4.78, 5) is 4.53. The molecule has 0 spiro atoms. The molecule has 114 valence electrons. The van der Waals surface area contributed by atoms with Gasteiger partial charge in [0.05, 0.1) is 13.2 Å². The highest BCUT2D eigenvalue weighted by Crippen LogP contribution is 1.91. The molecule has 0 aromatic rings. The van der Waals surface area contributed by atoms with Crippen LogP contribution in [0.3, 0.4) is 0 Å². The van der Waals surface area contributed by atoms with Crippen LogP contribution in [0.25, 0.3) is 0 Å². The smallest absolute Gasteiger partial charge is 0.191 e. The van der Waals surface area contributed by atoms with Crippen LogP contribution in [0.1, 0.15) is 39.5 Å². The third-order valence-electron chi connectivity index (χ3n) is 2.57. The molecule has 0 aliphatic heterocycles. The average Bonchev–Trinajstić information content (AvgIpc) is 2.42. The Labute approximate surface area is 118 Å². The number of guanidine groups is 1. The van der Waals surface area contributed by atoms with Crippen molar-refractivity contribution in [1.82, 2.24) is 10.6 Å². The van der Waals surface area contributed by atoms with E-state index < -0.39 is 0 Å². The van der Waals surface area contributed by atoms with Crippen molar-refractivity contribution in [3.05, 3.63) is 0 Å². The first-order valence-electron chi connectivity index (χ1n) is 7.44. The van der Waals surface area contributed by atoms with Crippen molar-refractivity contribution in [2.75, 3.05) is 46.6 Å². The standard InChI is InChI=1S/C14H31N3O2/c1-4-6-9-16-14(15-5-2)17-10-7-8-11-19-13-12-18-3/h4-13H2,1-3H3,(H2,15,16,17). The molecule has 0 heterocycles. The number of hydrogen-bond acceptors (Lipinski definition) is 3. The predicted molar refractivity (Wildman–Crippen MR) is 80.8 cm³/mol. The van der Waals surface area contributed by atoms with Gasteiger partial charge in [-0.2, -0.15) is 0 Å². The predicted octanol–water partition coefficient (Wildman–Crippen LogP) is 1.78. The van der Waals surface area contributed by atoms with E-state index in [0.717, 1.165) is 45.0 Å². The first-order chi connectivity index (χ1) is 9.35. The molecule has 0 fully saturated rings. The third-order valence-corrected chi connectivity index (χ3v) is 2.57. The molecule has 0 aromatic heterocycles. The van der Waals surface area contributed by atoms with Gasteiger partial charge in [0.2, 0.25) is 0 Å². The van der Waals surface area contributed by atoms with E-state index in [2.05, 4.69) is 29.5 Å². The molecule has 0 atom stereocenters. The highest BCUT2D eigenvalue weighted by atomic mass is 16.5. The Morgan fingerprint density at radius 3 is 2.53 bits per heavy atom. The first-order valence-corrected chi connectivity index (χ1v) is 7.44. The molecule has 0 aliphatic carbocycles. The van der Waals surface area contributed by atoms with E-state index in [1.165, 1.54) is 12.8 Å². The van der Waals surface area contributed by atoms with E-state index in [-0.39, 0.29) is 0 Å². The summed E-state index contributed by atoms with van der Waals surface area (Å²) in [5, 5.41) is 6.58. The molecule has 5 heteroatoms. The van der Waals surface area contributed by atoms with Crippen molar-refractivity contribution in [2.45, 2.75) is 39.5 Å². The highest BCUT2D eigenvalue weighted by Gasteiger charge is 1.95. The Morgan fingerprint density at radius 1 is 1.00 bits per heavy atom. The van der Waals surface area contributed by atoms with Gasteiger partial charge in [-0.15, -0.1) is 0 Å². The minimum Gasteiger partial charge on any atom is -0.382 e. The van der Waals surface area contributed by atoms with Crippen molar-refractivity contribution in [1.29, 1.82) is 0 Å². The second-order valence-electron chi connectivity index (χ2n) is 4.35. The minimum absolute atomic E-state index is 0.671. The molecular weight excluding hydrogens is 242 g/mol. The Balaban J connectivity index is 3.55. The van der Waals surface area contributed by atoms with Crippen LogP contribution in [-0.4, -0.2) is 52.5 Å². The number of rotatable bonds is 12. The van der Waals surface area contributed by atoms with Gasteiger partial charge in [-0.1, -0.05) is 13.3 Å². The summed E-state index contributed by atoms with van der Waals surface area (Å²) in [7, 11) is 1.69. The minimum atomic E-state index is 0.671. The fourth-order valence-corrected chi connectivity index (χ4v) is 1.48. The summed E-state index contributed by atoms with van der Waals surface area (Å²) in [6, 6.07) is 0. The van der Waals surface area contributed by atoms with Crippen molar-refractivity contribution >= 4 is 5.96 Å². The molecule has 0 aliphatic rings. The lowest BCUT2D eigenvalue weighted by molar-refractivity contribution is 0.0690. The van der Waals surface area contributed by atoms with E-state index >= 15 is 0 Å². The molecule has 0 saturated carbocycles. The molecule has 0 amide bonds. The number of hydrogen-bond donors (Lipinski definition) is 2. The first kappa shape index (κ1) is 18.2. The van der Waals surface area contributed by atoms with Crippen LogP contribution in [0.2, 0.25) is 0 Å². The maximum absolute atomic E-state index is 5.40. The van der Waals surface area contributed by atoms with Crippen LogP contribution in [0, 0.1) is 0 Å². The van der Waals surface area contributed by atoms with Gasteiger partial charge >= 0.3 is 0 Å². The van der Waals surface area contributed by atoms with Gasteiger partial charge in [0.25, 0.3) is 0 Å². The Bertz CT molecular complexity index is 211. The topological polar surface area (TPSA) is 54.9 Å². The fourth-order valence-electron chi connectivity index (χ4n) is 1.48. The van der Waals surface area contributed by atoms with Crippen LogP contribution in [0.15, 0.2) is 4.99 Å². The quantitative estimate of drug-likeness (QED) is 0.323. The van der Waals surface area contributed by atoms with E-state index in [0.29, 0.717) is 13.2 Å². The van der Waals surface area contributed by atoms with Crippen LogP contribution < -0.4 is 10.6 Å². The highest BCUT2D eigenvalue weighted by molar-refractivity contribution is 5.79. The molecule has 19 heavy (non-hydrogen) atoms. The van der Waals surface area contributed by atoms with Gasteiger partial charge in [-0.05, 0) is 26.2 Å². The van der Waals surface area contributed by atoms with Crippen LogP contribution in [0.4, 0.5) is 0 Å². The normalized spacial score (nSPS) is 11.6. The van der Waals surface area contributed by atoms with Gasteiger partial charge in [-0.3, -0.25) is 4.99 Å². The number of unbranched alkanes of at least 4 members (excludes halogenated alkanes) is 2. The van der Waals surface area contributed by atoms with Crippen LogP contribution in [-0.2, 0) is 9.47 Å². The fraction of sp³-hybridized carbons (Fsp3) is 0.929. The van der Waals surface area contributed by atoms with Crippen molar-refractivity contribution in [2.24, 2.45) is 4.99 Å². The monoisotopic (exact) mass is 273 g/mol. The van der Waals surface area contributed by atoms with E-state index in [1.807, 2.05) is 0 Å². The second-order valence-corrected chi connectivity index (χ2v) is 4.35. The van der Waals surface area contributed by atoms with Crippen molar-refractivity contribution < 1.29 is 9.47 Å². The SMILES string of the molecule is CCCCNC(=NCCCCOCCOC)NCC. The molecule has 0 rings (SSSR count). The van der Waals surface area contributed by atoms with Gasteiger partial charge in [0.1, 0.15) is 0 Å². The Morgan fingerprint density at radius 2 is 1.84 bits per heavy atom. The molecule has 0 aromatic carbocycles. The number of nitrogens with zero attached hydrogens (tertiary/aromatic N) is 1. The third kappa shape index (κ3) is 13.4. The average molecular weight is 273 g/mol. The van der Waals surface area contributed by atoms with E-state index in [9.17, 15) is 0 Å². The van der Waals surface area contributed by atoms with Gasteiger partial charge in [0, 0.05) is 33.4 Å². The van der Waals surface area contributed by atoms with Gasteiger partial charge in [0.15, 0.2) is 5.96 Å². The zero-order valence-electron chi connectivity index (χ0n) is 12.8. The summed E-state index contributed by atoms with van der Waals surface area (Å²) in [5.41, 5.74) is 0. The number of nitrogens with one attached hydrogen (secondary N) is 2. The number of ether oxygens (including phenoxy) is 2. The van der Waals surface area contributed by atoms with Gasteiger partial charge in [-0.25, -0.2) is 0 Å². The second kappa shape index (κ2) is 15.2. The number of aliphatic imine (C=N–C) groups is 1. The van der Waals surface area contributed by atoms with Crippen molar-refractivity contribution in [3.63, 3.8) is 0 Å². The summed E-state index contributed by atoms with van der Waals surface area (Å²) in [6.07, 6.45) is 4.47. The molecule has 0 saturated heterocycles. The maximum atomic E-state index is 5.40. The zero-order valence-corrected chi connectivity index (χ0v) is 12.8. The zero-order chi connectivity index (χ0) is 14.2. The molecule has 2 N–H and O–H groups in total. The van der Waals surface area contributed by atoms with Crippen molar-refractivity contribution in [3.8, 4) is 0 Å². The molecule has 0 radical (unpaired) electrons. The molecule has 0 unspecified atom stereocenters. The Hall–Kier alpha value is -0.810. The summed E-state index contributed by atoms with van der Waals surface area (Å²) in [5.74, 6) is 0.927. The lowest BCUT2D eigenvalue weighted by Gasteiger charge is -2.10. The molecule has 5 nitrogen and oxygen atoms in total. The largest absolute Gasteiger partial charge is 0.382 e. The molecular formula is C14H31N3O2. The lowest BCUT2D eigenvalue weighted by Crippen LogP contribution is -2.37. The van der Waals surface area contributed by atoms with Gasteiger partial charge < -0.3 is 20.1 Å². The molecule has 0 bridgehead atoms. The van der Waals surface area contributed by atoms with Crippen LogP contribution >= 0.6 is 0 Å². The van der Waals surface area contributed by atoms with E-state index in [4.69, 9.17) is 9.47 Å². The summed E-state index contributed by atoms with van der Waals surface area (Å²) in [6.45, 7) is 9.15. The number of methoxy groups -OCH3 is 1. The Kier molecular flexibility index (Phi) is 14.6. The maximum Gasteiger partial charge on any atom is 0.191 e. The van der Waals surface area contributed by atoms with E-state index in [1.54, 1.807) is 7.11 Å².